The fraction of sp³-hybridized carbons (Fsp3) is 0.333. The first-order valence-electron chi connectivity index (χ1n) is 2.74. The summed E-state index contributed by atoms with van der Waals surface area (Å²) in [4.78, 5) is 7.92. The maximum absolute atomic E-state index is 4.10. The van der Waals surface area contributed by atoms with Crippen molar-refractivity contribution in [1.82, 2.24) is 9.97 Å². The minimum atomic E-state index is -0.0467. The van der Waals surface area contributed by atoms with Crippen molar-refractivity contribution >= 4 is 10.9 Å². The van der Waals surface area contributed by atoms with Crippen LogP contribution in [0.5, 0.6) is 0 Å². The van der Waals surface area contributed by atoms with Crippen LogP contribution in [-0.2, 0) is 0 Å². The van der Waals surface area contributed by atoms with Gasteiger partial charge in [-0.2, -0.15) is 0 Å². The third kappa shape index (κ3) is 1.68. The van der Waals surface area contributed by atoms with Gasteiger partial charge in [0.15, 0.2) is 0 Å². The van der Waals surface area contributed by atoms with Crippen molar-refractivity contribution in [1.29, 1.82) is 0 Å². The van der Waals surface area contributed by atoms with E-state index in [0.717, 1.165) is 0 Å². The fourth-order valence-corrected chi connectivity index (χ4v) is 1.20. The molecule has 0 N–H and O–H groups in total. The number of hydrogen-bond donors (Lipinski definition) is 1. The van der Waals surface area contributed by atoms with Crippen LogP contribution in [-0.4, -0.2) is 22.5 Å². The van der Waals surface area contributed by atoms with E-state index in [-0.39, 0.29) is 10.9 Å². The minimum Gasteiger partial charge on any atom is -0.245 e. The largest absolute Gasteiger partial charge is 0.245 e. The van der Waals surface area contributed by atoms with E-state index in [1.165, 1.54) is 5.03 Å². The molecule has 9 heavy (non-hydrogen) atoms. The van der Waals surface area contributed by atoms with Crippen molar-refractivity contribution in [2.75, 3.05) is 12.5 Å². The Morgan fingerprint density at radius 1 is 1.44 bits per heavy atom. The zero-order chi connectivity index (χ0) is 6.69. The van der Waals surface area contributed by atoms with E-state index in [1.807, 2.05) is 6.07 Å². The lowest BCUT2D eigenvalue weighted by molar-refractivity contribution is 1.05. The van der Waals surface area contributed by atoms with Crippen molar-refractivity contribution in [2.24, 2.45) is 0 Å². The third-order valence-electron chi connectivity index (χ3n) is 1.02. The maximum Gasteiger partial charge on any atom is 0.116 e. The molecular formula is C6H10N2S. The molecule has 0 radical (unpaired) electrons. The van der Waals surface area contributed by atoms with Crippen LogP contribution in [0, 0.1) is 0 Å². The molecule has 0 saturated heterocycles. The molecule has 0 saturated carbocycles. The molecule has 1 aromatic heterocycles. The Kier molecular flexibility index (Phi) is 2.05. The van der Waals surface area contributed by atoms with Crippen LogP contribution in [0.1, 0.15) is 0 Å². The topological polar surface area (TPSA) is 25.8 Å². The lowest BCUT2D eigenvalue weighted by Gasteiger charge is -2.04. The highest BCUT2D eigenvalue weighted by atomic mass is 32.2. The molecule has 0 bridgehead atoms. The van der Waals surface area contributed by atoms with Gasteiger partial charge in [0.1, 0.15) is 6.33 Å². The Hall–Kier alpha value is -0.570. The first kappa shape index (κ1) is 6.55. The van der Waals surface area contributed by atoms with Crippen LogP contribution in [0.2, 0.25) is 0 Å². The molecule has 0 amide bonds. The van der Waals surface area contributed by atoms with Crippen LogP contribution in [0.3, 0.4) is 0 Å². The SMILES string of the molecule is C[SH](C)c1ccncn1. The molecule has 0 fully saturated rings. The van der Waals surface area contributed by atoms with Gasteiger partial charge in [0, 0.05) is 6.20 Å². The predicted octanol–water partition coefficient (Wildman–Crippen LogP) is 1.10. The van der Waals surface area contributed by atoms with Crippen molar-refractivity contribution in [2.45, 2.75) is 5.03 Å². The number of aromatic nitrogens is 2. The summed E-state index contributed by atoms with van der Waals surface area (Å²) in [5, 5.41) is 1.17. The van der Waals surface area contributed by atoms with E-state index in [2.05, 4.69) is 22.5 Å². The van der Waals surface area contributed by atoms with Crippen LogP contribution in [0.25, 0.3) is 0 Å². The first-order chi connectivity index (χ1) is 4.30. The van der Waals surface area contributed by atoms with Crippen molar-refractivity contribution in [3.8, 4) is 0 Å². The van der Waals surface area contributed by atoms with Crippen LogP contribution in [0.4, 0.5) is 0 Å². The molecule has 0 aliphatic rings. The lowest BCUT2D eigenvalue weighted by Crippen LogP contribution is -1.83. The average molecular weight is 142 g/mol. The zero-order valence-electron chi connectivity index (χ0n) is 5.57. The van der Waals surface area contributed by atoms with Gasteiger partial charge in [-0.3, -0.25) is 0 Å². The van der Waals surface area contributed by atoms with Crippen molar-refractivity contribution in [3.63, 3.8) is 0 Å². The highest BCUT2D eigenvalue weighted by Gasteiger charge is 1.91. The number of thiol groups is 1. The van der Waals surface area contributed by atoms with E-state index < -0.39 is 0 Å². The smallest absolute Gasteiger partial charge is 0.116 e. The number of nitrogens with zero attached hydrogens (tertiary/aromatic N) is 2. The molecule has 0 unspecified atom stereocenters. The van der Waals surface area contributed by atoms with Gasteiger partial charge in [-0.05, 0) is 18.6 Å². The van der Waals surface area contributed by atoms with E-state index >= 15 is 0 Å². The van der Waals surface area contributed by atoms with Gasteiger partial charge in [-0.15, -0.1) is 0 Å². The van der Waals surface area contributed by atoms with Gasteiger partial charge in [-0.1, -0.05) is 0 Å². The molecule has 1 rings (SSSR count). The fourth-order valence-electron chi connectivity index (χ4n) is 0.548. The molecule has 0 aliphatic heterocycles. The normalized spacial score (nSPS) is 11.1. The maximum atomic E-state index is 4.10. The summed E-state index contributed by atoms with van der Waals surface area (Å²) < 4.78 is 0. The Bertz CT molecular complexity index is 174. The van der Waals surface area contributed by atoms with E-state index in [9.17, 15) is 0 Å². The average Bonchev–Trinajstić information content (AvgIpc) is 1.90. The molecule has 0 aliphatic carbocycles. The van der Waals surface area contributed by atoms with Gasteiger partial charge in [0.05, 0.1) is 5.03 Å². The Morgan fingerprint density at radius 2 is 2.22 bits per heavy atom. The summed E-state index contributed by atoms with van der Waals surface area (Å²) >= 11 is 0. The summed E-state index contributed by atoms with van der Waals surface area (Å²) in [5.74, 6) is 0. The monoisotopic (exact) mass is 142 g/mol. The predicted molar refractivity (Wildman–Crippen MR) is 41.1 cm³/mol. The van der Waals surface area contributed by atoms with Crippen LogP contribution >= 0.6 is 10.9 Å². The molecule has 2 nitrogen and oxygen atoms in total. The minimum absolute atomic E-state index is 0.0467. The summed E-state index contributed by atoms with van der Waals surface area (Å²) in [6.07, 6.45) is 7.73. The summed E-state index contributed by atoms with van der Waals surface area (Å²) in [7, 11) is -0.0467. The summed E-state index contributed by atoms with van der Waals surface area (Å²) in [5.41, 5.74) is 0. The van der Waals surface area contributed by atoms with Gasteiger partial charge < -0.3 is 0 Å². The third-order valence-corrected chi connectivity index (χ3v) is 2.21. The van der Waals surface area contributed by atoms with Crippen LogP contribution in [0.15, 0.2) is 23.6 Å². The molecule has 0 spiro atoms. The van der Waals surface area contributed by atoms with E-state index in [1.54, 1.807) is 12.5 Å². The molecular weight excluding hydrogens is 132 g/mol. The van der Waals surface area contributed by atoms with E-state index in [0.29, 0.717) is 0 Å². The highest BCUT2D eigenvalue weighted by molar-refractivity contribution is 8.15. The summed E-state index contributed by atoms with van der Waals surface area (Å²) in [6, 6.07) is 1.96. The van der Waals surface area contributed by atoms with Gasteiger partial charge in [0.2, 0.25) is 0 Å². The highest BCUT2D eigenvalue weighted by Crippen LogP contribution is 2.23. The molecule has 50 valence electrons. The second-order valence-corrected chi connectivity index (χ2v) is 4.21. The van der Waals surface area contributed by atoms with Gasteiger partial charge in [-0.25, -0.2) is 20.9 Å². The molecule has 3 heteroatoms. The van der Waals surface area contributed by atoms with Gasteiger partial charge in [0.25, 0.3) is 0 Å². The van der Waals surface area contributed by atoms with Gasteiger partial charge >= 0.3 is 0 Å². The Morgan fingerprint density at radius 3 is 2.56 bits per heavy atom. The second kappa shape index (κ2) is 2.82. The molecule has 1 aromatic rings. The Balaban J connectivity index is 2.85. The van der Waals surface area contributed by atoms with Crippen molar-refractivity contribution < 1.29 is 0 Å². The number of hydrogen-bond acceptors (Lipinski definition) is 2. The summed E-state index contributed by atoms with van der Waals surface area (Å²) in [6.45, 7) is 0. The quantitative estimate of drug-likeness (QED) is 0.469. The molecule has 0 atom stereocenters. The first-order valence-corrected chi connectivity index (χ1v) is 4.97. The standard InChI is InChI=1S/C6H10N2S/c1-9(2)6-3-4-7-5-8-6/h3-5,9H,1-2H3. The molecule has 1 heterocycles. The van der Waals surface area contributed by atoms with Crippen LogP contribution < -0.4 is 0 Å². The van der Waals surface area contributed by atoms with E-state index in [4.69, 9.17) is 0 Å². The zero-order valence-corrected chi connectivity index (χ0v) is 6.47. The Labute approximate surface area is 57.7 Å². The second-order valence-electron chi connectivity index (χ2n) is 1.96. The molecule has 0 aromatic carbocycles. The van der Waals surface area contributed by atoms with Crippen molar-refractivity contribution in [3.05, 3.63) is 18.6 Å². The lowest BCUT2D eigenvalue weighted by atomic mass is 10.7. The number of rotatable bonds is 1.